The highest BCUT2D eigenvalue weighted by molar-refractivity contribution is 5.78. The fraction of sp³-hybridized carbons (Fsp3) is 0.650. The summed E-state index contributed by atoms with van der Waals surface area (Å²) < 4.78 is 11.5. The molecular weight excluding hydrogens is 330 g/mol. The Balaban J connectivity index is 1.23. The second-order valence-electron chi connectivity index (χ2n) is 7.59. The number of amides is 1. The maximum atomic E-state index is 12.7. The van der Waals surface area contributed by atoms with Crippen molar-refractivity contribution < 1.29 is 14.3 Å². The van der Waals surface area contributed by atoms with Gasteiger partial charge in [0, 0.05) is 57.8 Å². The molecule has 0 N–H and O–H groups in total. The van der Waals surface area contributed by atoms with Gasteiger partial charge in [-0.3, -0.25) is 9.69 Å². The van der Waals surface area contributed by atoms with Crippen LogP contribution in [0.5, 0.6) is 0 Å². The standard InChI is InChI=1S/C20H29N3O3/c1-17-3-2-4-18(15-17)22-11-9-21(10-12-22)16-19(24)23-7-5-20(6-8-23)25-13-14-26-20/h2-4,15H,5-14,16H2,1H3. The summed E-state index contributed by atoms with van der Waals surface area (Å²) in [7, 11) is 0. The number of benzene rings is 1. The van der Waals surface area contributed by atoms with Crippen LogP contribution in [0.4, 0.5) is 5.69 Å². The number of carbonyl (C=O) groups is 1. The van der Waals surface area contributed by atoms with Crippen molar-refractivity contribution in [1.82, 2.24) is 9.80 Å². The van der Waals surface area contributed by atoms with Gasteiger partial charge in [0.1, 0.15) is 0 Å². The van der Waals surface area contributed by atoms with Crippen LogP contribution in [0.3, 0.4) is 0 Å². The largest absolute Gasteiger partial charge is 0.369 e. The number of aryl methyl sites for hydroxylation is 1. The average molecular weight is 359 g/mol. The first-order valence-corrected chi connectivity index (χ1v) is 9.73. The highest BCUT2D eigenvalue weighted by Crippen LogP contribution is 2.31. The third-order valence-electron chi connectivity index (χ3n) is 5.79. The zero-order chi connectivity index (χ0) is 18.0. The molecule has 4 rings (SSSR count). The van der Waals surface area contributed by atoms with E-state index in [0.717, 1.165) is 52.1 Å². The lowest BCUT2D eigenvalue weighted by Gasteiger charge is -2.39. The van der Waals surface area contributed by atoms with Crippen LogP contribution in [-0.2, 0) is 14.3 Å². The van der Waals surface area contributed by atoms with Gasteiger partial charge in [0.15, 0.2) is 5.79 Å². The van der Waals surface area contributed by atoms with Gasteiger partial charge in [-0.1, -0.05) is 12.1 Å². The summed E-state index contributed by atoms with van der Waals surface area (Å²) in [6.07, 6.45) is 1.58. The summed E-state index contributed by atoms with van der Waals surface area (Å²) in [6, 6.07) is 8.65. The van der Waals surface area contributed by atoms with Crippen molar-refractivity contribution in [3.05, 3.63) is 29.8 Å². The molecule has 1 aromatic rings. The highest BCUT2D eigenvalue weighted by atomic mass is 16.7. The van der Waals surface area contributed by atoms with Gasteiger partial charge in [-0.05, 0) is 24.6 Å². The molecule has 3 fully saturated rings. The SMILES string of the molecule is Cc1cccc(N2CCN(CC(=O)N3CCC4(CC3)OCCO4)CC2)c1. The topological polar surface area (TPSA) is 45.2 Å². The van der Waals surface area contributed by atoms with Gasteiger partial charge in [-0.2, -0.15) is 0 Å². The second kappa shape index (κ2) is 7.55. The van der Waals surface area contributed by atoms with E-state index in [-0.39, 0.29) is 5.91 Å². The van der Waals surface area contributed by atoms with Crippen molar-refractivity contribution in [2.75, 3.05) is 63.9 Å². The van der Waals surface area contributed by atoms with Crippen LogP contribution < -0.4 is 4.90 Å². The minimum Gasteiger partial charge on any atom is -0.369 e. The molecule has 3 saturated heterocycles. The predicted octanol–water partition coefficient (Wildman–Crippen LogP) is 1.48. The second-order valence-corrected chi connectivity index (χ2v) is 7.59. The molecule has 0 unspecified atom stereocenters. The van der Waals surface area contributed by atoms with Gasteiger partial charge in [0.2, 0.25) is 5.91 Å². The maximum Gasteiger partial charge on any atom is 0.236 e. The molecule has 3 aliphatic rings. The third kappa shape index (κ3) is 3.87. The van der Waals surface area contributed by atoms with E-state index in [2.05, 4.69) is 41.0 Å². The van der Waals surface area contributed by atoms with E-state index >= 15 is 0 Å². The van der Waals surface area contributed by atoms with Crippen molar-refractivity contribution >= 4 is 11.6 Å². The molecule has 142 valence electrons. The number of ether oxygens (including phenoxy) is 2. The lowest BCUT2D eigenvalue weighted by atomic mass is 10.0. The first kappa shape index (κ1) is 17.8. The summed E-state index contributed by atoms with van der Waals surface area (Å²) >= 11 is 0. The van der Waals surface area contributed by atoms with Gasteiger partial charge in [-0.15, -0.1) is 0 Å². The zero-order valence-electron chi connectivity index (χ0n) is 15.7. The minimum atomic E-state index is -0.407. The van der Waals surface area contributed by atoms with E-state index in [4.69, 9.17) is 9.47 Å². The van der Waals surface area contributed by atoms with E-state index in [1.54, 1.807) is 0 Å². The lowest BCUT2D eigenvalue weighted by Crippen LogP contribution is -2.53. The highest BCUT2D eigenvalue weighted by Gasteiger charge is 2.40. The normalized spacial score (nSPS) is 23.6. The number of piperidine rings is 1. The van der Waals surface area contributed by atoms with E-state index in [1.807, 2.05) is 4.90 Å². The number of rotatable bonds is 3. The van der Waals surface area contributed by atoms with Crippen LogP contribution in [0.25, 0.3) is 0 Å². The monoisotopic (exact) mass is 359 g/mol. The Morgan fingerprint density at radius 2 is 1.73 bits per heavy atom. The quantitative estimate of drug-likeness (QED) is 0.818. The van der Waals surface area contributed by atoms with Gasteiger partial charge in [-0.25, -0.2) is 0 Å². The van der Waals surface area contributed by atoms with Crippen molar-refractivity contribution in [3.63, 3.8) is 0 Å². The molecule has 0 atom stereocenters. The maximum absolute atomic E-state index is 12.7. The molecular formula is C20H29N3O3. The van der Waals surface area contributed by atoms with Crippen LogP contribution in [0.2, 0.25) is 0 Å². The van der Waals surface area contributed by atoms with Crippen molar-refractivity contribution in [1.29, 1.82) is 0 Å². The molecule has 0 radical (unpaired) electrons. The van der Waals surface area contributed by atoms with Crippen molar-refractivity contribution in [2.45, 2.75) is 25.6 Å². The van der Waals surface area contributed by atoms with Crippen LogP contribution in [0, 0.1) is 6.92 Å². The molecule has 3 heterocycles. The predicted molar refractivity (Wildman–Crippen MR) is 100 cm³/mol. The minimum absolute atomic E-state index is 0.238. The van der Waals surface area contributed by atoms with Gasteiger partial charge in [0.25, 0.3) is 0 Å². The molecule has 3 aliphatic heterocycles. The average Bonchev–Trinajstić information content (AvgIpc) is 3.11. The number of nitrogens with zero attached hydrogens (tertiary/aromatic N) is 3. The number of hydrogen-bond donors (Lipinski definition) is 0. The molecule has 26 heavy (non-hydrogen) atoms. The van der Waals surface area contributed by atoms with E-state index in [1.165, 1.54) is 11.3 Å². The Kier molecular flexibility index (Phi) is 5.16. The number of piperazine rings is 1. The molecule has 1 spiro atoms. The summed E-state index contributed by atoms with van der Waals surface area (Å²) in [5.74, 6) is -0.169. The first-order chi connectivity index (χ1) is 12.6. The third-order valence-corrected chi connectivity index (χ3v) is 5.79. The number of carbonyl (C=O) groups excluding carboxylic acids is 1. The zero-order valence-corrected chi connectivity index (χ0v) is 15.7. The number of anilines is 1. The molecule has 6 nitrogen and oxygen atoms in total. The van der Waals surface area contributed by atoms with E-state index in [9.17, 15) is 4.79 Å². The molecule has 0 saturated carbocycles. The summed E-state index contributed by atoms with van der Waals surface area (Å²) in [6.45, 7) is 9.30. The summed E-state index contributed by atoms with van der Waals surface area (Å²) in [5.41, 5.74) is 2.58. The Morgan fingerprint density at radius 1 is 1.04 bits per heavy atom. The van der Waals surface area contributed by atoms with Crippen molar-refractivity contribution in [2.24, 2.45) is 0 Å². The lowest BCUT2D eigenvalue weighted by molar-refractivity contribution is -0.187. The van der Waals surface area contributed by atoms with Gasteiger partial charge in [0.05, 0.1) is 19.8 Å². The van der Waals surface area contributed by atoms with Crippen LogP contribution >= 0.6 is 0 Å². The molecule has 1 aromatic carbocycles. The van der Waals surface area contributed by atoms with Crippen LogP contribution in [-0.4, -0.2) is 80.5 Å². The summed E-state index contributed by atoms with van der Waals surface area (Å²) in [4.78, 5) is 19.3. The molecule has 1 amide bonds. The van der Waals surface area contributed by atoms with Crippen LogP contribution in [0.1, 0.15) is 18.4 Å². The Labute approximate surface area is 155 Å². The Bertz CT molecular complexity index is 627. The smallest absolute Gasteiger partial charge is 0.236 e. The van der Waals surface area contributed by atoms with Crippen molar-refractivity contribution in [3.8, 4) is 0 Å². The Hall–Kier alpha value is -1.63. The van der Waals surface area contributed by atoms with E-state index < -0.39 is 5.79 Å². The molecule has 0 bridgehead atoms. The molecule has 0 aliphatic carbocycles. The fourth-order valence-corrected chi connectivity index (χ4v) is 4.16. The molecule has 0 aromatic heterocycles. The fourth-order valence-electron chi connectivity index (χ4n) is 4.16. The molecule has 6 heteroatoms. The number of likely N-dealkylation sites (tertiary alicyclic amines) is 1. The van der Waals surface area contributed by atoms with Gasteiger partial charge >= 0.3 is 0 Å². The van der Waals surface area contributed by atoms with E-state index in [0.29, 0.717) is 19.8 Å². The first-order valence-electron chi connectivity index (χ1n) is 9.73. The Morgan fingerprint density at radius 3 is 2.38 bits per heavy atom. The number of hydrogen-bond acceptors (Lipinski definition) is 5. The van der Waals surface area contributed by atoms with Crippen LogP contribution in [0.15, 0.2) is 24.3 Å². The van der Waals surface area contributed by atoms with Gasteiger partial charge < -0.3 is 19.3 Å². The summed E-state index contributed by atoms with van der Waals surface area (Å²) in [5, 5.41) is 0.